The summed E-state index contributed by atoms with van der Waals surface area (Å²) in [7, 11) is 1.35. The summed E-state index contributed by atoms with van der Waals surface area (Å²) in [5.41, 5.74) is 0. The molecule has 0 unspecified atom stereocenters. The molecule has 1 saturated carbocycles. The number of esters is 1. The Labute approximate surface area is 98.4 Å². The largest absolute Gasteiger partial charge is 0.465 e. The summed E-state index contributed by atoms with van der Waals surface area (Å²) in [6.07, 6.45) is 4.27. The van der Waals surface area contributed by atoms with Gasteiger partial charge in [-0.25, -0.2) is 4.79 Å². The first-order valence-corrected chi connectivity index (χ1v) is 6.26. The van der Waals surface area contributed by atoms with Gasteiger partial charge in [-0.05, 0) is 25.0 Å². The first-order chi connectivity index (χ1) is 7.72. The Balaban J connectivity index is 2.11. The molecule has 1 aliphatic carbocycles. The summed E-state index contributed by atoms with van der Waals surface area (Å²) < 4.78 is 4.61. The van der Waals surface area contributed by atoms with Crippen LogP contribution in [0.4, 0.5) is 0 Å². The molecular formula is C12H14O3S. The Morgan fingerprint density at radius 1 is 1.25 bits per heavy atom. The van der Waals surface area contributed by atoms with Crippen molar-refractivity contribution < 1.29 is 14.3 Å². The summed E-state index contributed by atoms with van der Waals surface area (Å²) in [6.45, 7) is 0. The van der Waals surface area contributed by atoms with Crippen molar-refractivity contribution in [3.63, 3.8) is 0 Å². The van der Waals surface area contributed by atoms with Gasteiger partial charge in [-0.2, -0.15) is 0 Å². The molecule has 0 atom stereocenters. The highest BCUT2D eigenvalue weighted by Gasteiger charge is 2.25. The molecule has 0 spiro atoms. The molecule has 4 heteroatoms. The van der Waals surface area contributed by atoms with Gasteiger partial charge in [0.15, 0.2) is 5.78 Å². The molecule has 0 N–H and O–H groups in total. The molecule has 3 nitrogen and oxygen atoms in total. The van der Waals surface area contributed by atoms with Crippen molar-refractivity contribution in [2.75, 3.05) is 7.11 Å². The molecule has 1 aliphatic rings. The van der Waals surface area contributed by atoms with Crippen molar-refractivity contribution in [1.82, 2.24) is 0 Å². The predicted octanol–water partition coefficient (Wildman–Crippen LogP) is 2.91. The van der Waals surface area contributed by atoms with Crippen molar-refractivity contribution in [3.05, 3.63) is 21.9 Å². The third kappa shape index (κ3) is 2.16. The van der Waals surface area contributed by atoms with Gasteiger partial charge in [0.2, 0.25) is 0 Å². The molecule has 0 aliphatic heterocycles. The first-order valence-electron chi connectivity index (χ1n) is 5.44. The Hall–Kier alpha value is -1.16. The Bertz CT molecular complexity index is 402. The van der Waals surface area contributed by atoms with Crippen molar-refractivity contribution in [2.45, 2.75) is 25.7 Å². The standard InChI is InChI=1S/C12H14O3S/c1-15-12(14)10-7-6-9(16-10)11(13)8-4-2-3-5-8/h6-8H,2-5H2,1H3. The topological polar surface area (TPSA) is 43.4 Å². The highest BCUT2D eigenvalue weighted by molar-refractivity contribution is 7.15. The maximum Gasteiger partial charge on any atom is 0.348 e. The fourth-order valence-electron chi connectivity index (χ4n) is 2.07. The smallest absolute Gasteiger partial charge is 0.348 e. The van der Waals surface area contributed by atoms with E-state index in [9.17, 15) is 9.59 Å². The molecule has 1 fully saturated rings. The number of carbonyl (C=O) groups excluding carboxylic acids is 2. The van der Waals surface area contributed by atoms with Gasteiger partial charge in [-0.3, -0.25) is 4.79 Å². The number of thiophene rings is 1. The number of methoxy groups -OCH3 is 1. The van der Waals surface area contributed by atoms with Gasteiger partial charge in [0.05, 0.1) is 12.0 Å². The second kappa shape index (κ2) is 4.78. The van der Waals surface area contributed by atoms with E-state index in [-0.39, 0.29) is 17.7 Å². The molecule has 0 radical (unpaired) electrons. The summed E-state index contributed by atoms with van der Waals surface area (Å²) in [5, 5.41) is 0. The van der Waals surface area contributed by atoms with Gasteiger partial charge in [-0.15, -0.1) is 11.3 Å². The van der Waals surface area contributed by atoms with E-state index >= 15 is 0 Å². The SMILES string of the molecule is COC(=O)c1ccc(C(=O)C2CCCC2)s1. The van der Waals surface area contributed by atoms with Crippen LogP contribution in [-0.2, 0) is 4.74 Å². The molecule has 0 amide bonds. The summed E-state index contributed by atoms with van der Waals surface area (Å²) in [5.74, 6) is -0.00253. The van der Waals surface area contributed by atoms with Gasteiger partial charge >= 0.3 is 5.97 Å². The minimum Gasteiger partial charge on any atom is -0.465 e. The van der Waals surface area contributed by atoms with Gasteiger partial charge < -0.3 is 4.74 Å². The van der Waals surface area contributed by atoms with E-state index in [0.29, 0.717) is 9.75 Å². The Morgan fingerprint density at radius 2 is 1.88 bits per heavy atom. The lowest BCUT2D eigenvalue weighted by Crippen LogP contribution is -2.08. The van der Waals surface area contributed by atoms with E-state index in [1.54, 1.807) is 12.1 Å². The van der Waals surface area contributed by atoms with E-state index in [4.69, 9.17) is 0 Å². The molecule has 2 rings (SSSR count). The monoisotopic (exact) mass is 238 g/mol. The van der Waals surface area contributed by atoms with Crippen LogP contribution in [0.1, 0.15) is 45.0 Å². The molecule has 16 heavy (non-hydrogen) atoms. The molecule has 0 bridgehead atoms. The van der Waals surface area contributed by atoms with E-state index in [0.717, 1.165) is 25.7 Å². The number of carbonyl (C=O) groups is 2. The quantitative estimate of drug-likeness (QED) is 0.600. The third-order valence-corrected chi connectivity index (χ3v) is 4.04. The van der Waals surface area contributed by atoms with Crippen LogP contribution in [0.3, 0.4) is 0 Å². The zero-order valence-corrected chi connectivity index (χ0v) is 10.0. The summed E-state index contributed by atoms with van der Waals surface area (Å²) >= 11 is 1.24. The first kappa shape index (κ1) is 11.3. The molecular weight excluding hydrogens is 224 g/mol. The lowest BCUT2D eigenvalue weighted by atomic mass is 10.0. The van der Waals surface area contributed by atoms with Gasteiger partial charge in [-0.1, -0.05) is 12.8 Å². The highest BCUT2D eigenvalue weighted by atomic mass is 32.1. The van der Waals surface area contributed by atoms with Crippen LogP contribution < -0.4 is 0 Å². The van der Waals surface area contributed by atoms with E-state index in [2.05, 4.69) is 4.74 Å². The number of ether oxygens (including phenoxy) is 1. The predicted molar refractivity (Wildman–Crippen MR) is 61.9 cm³/mol. The number of ketones is 1. The van der Waals surface area contributed by atoms with Crippen molar-refractivity contribution in [2.24, 2.45) is 5.92 Å². The number of Topliss-reactive ketones (excluding diaryl/α,β-unsaturated/α-hetero) is 1. The van der Waals surface area contributed by atoms with E-state index < -0.39 is 0 Å². The minimum absolute atomic E-state index is 0.171. The van der Waals surface area contributed by atoms with E-state index in [1.807, 2.05) is 0 Å². The van der Waals surface area contributed by atoms with Crippen LogP contribution in [0.15, 0.2) is 12.1 Å². The van der Waals surface area contributed by atoms with Gasteiger partial charge in [0.1, 0.15) is 4.88 Å². The average molecular weight is 238 g/mol. The van der Waals surface area contributed by atoms with Crippen LogP contribution in [0.2, 0.25) is 0 Å². The third-order valence-electron chi connectivity index (χ3n) is 2.96. The molecule has 1 aromatic rings. The van der Waals surface area contributed by atoms with Crippen molar-refractivity contribution in [3.8, 4) is 0 Å². The second-order valence-corrected chi connectivity index (χ2v) is 5.08. The molecule has 1 aromatic heterocycles. The van der Waals surface area contributed by atoms with Crippen LogP contribution in [-0.4, -0.2) is 18.9 Å². The molecule has 0 aromatic carbocycles. The molecule has 86 valence electrons. The molecule has 0 saturated heterocycles. The van der Waals surface area contributed by atoms with Crippen LogP contribution in [0.25, 0.3) is 0 Å². The number of hydrogen-bond acceptors (Lipinski definition) is 4. The van der Waals surface area contributed by atoms with Gasteiger partial charge in [0, 0.05) is 5.92 Å². The zero-order chi connectivity index (χ0) is 11.5. The van der Waals surface area contributed by atoms with Crippen LogP contribution in [0.5, 0.6) is 0 Å². The zero-order valence-electron chi connectivity index (χ0n) is 9.19. The van der Waals surface area contributed by atoms with Crippen molar-refractivity contribution >= 4 is 23.1 Å². The minimum atomic E-state index is -0.365. The molecule has 1 heterocycles. The Kier molecular flexibility index (Phi) is 3.39. The van der Waals surface area contributed by atoms with E-state index in [1.165, 1.54) is 18.4 Å². The van der Waals surface area contributed by atoms with Crippen molar-refractivity contribution in [1.29, 1.82) is 0 Å². The average Bonchev–Trinajstić information content (AvgIpc) is 2.97. The fraction of sp³-hybridized carbons (Fsp3) is 0.500. The maximum absolute atomic E-state index is 12.0. The number of hydrogen-bond donors (Lipinski definition) is 0. The fourth-order valence-corrected chi connectivity index (χ4v) is 3.01. The van der Waals surface area contributed by atoms with Crippen LogP contribution >= 0.6 is 11.3 Å². The maximum atomic E-state index is 12.0. The van der Waals surface area contributed by atoms with Gasteiger partial charge in [0.25, 0.3) is 0 Å². The summed E-state index contributed by atoms with van der Waals surface area (Å²) in [6, 6.07) is 3.40. The second-order valence-electron chi connectivity index (χ2n) is 4.00. The van der Waals surface area contributed by atoms with Crippen LogP contribution in [0, 0.1) is 5.92 Å². The summed E-state index contributed by atoms with van der Waals surface area (Å²) in [4.78, 5) is 24.5. The lowest BCUT2D eigenvalue weighted by Gasteiger charge is -2.04. The highest BCUT2D eigenvalue weighted by Crippen LogP contribution is 2.30. The normalized spacial score (nSPS) is 16.3. The number of rotatable bonds is 3. The Morgan fingerprint density at radius 3 is 2.50 bits per heavy atom. The lowest BCUT2D eigenvalue weighted by molar-refractivity contribution is 0.0606.